The van der Waals surface area contributed by atoms with Gasteiger partial charge in [0.25, 0.3) is 0 Å². The van der Waals surface area contributed by atoms with Gasteiger partial charge in [-0.25, -0.2) is 5.90 Å². The summed E-state index contributed by atoms with van der Waals surface area (Å²) in [6.45, 7) is -0.407. The van der Waals surface area contributed by atoms with Crippen molar-refractivity contribution in [3.63, 3.8) is 0 Å². The van der Waals surface area contributed by atoms with Gasteiger partial charge >= 0.3 is 0 Å². The van der Waals surface area contributed by atoms with Gasteiger partial charge in [0.1, 0.15) is 18.3 Å². The van der Waals surface area contributed by atoms with Crippen LogP contribution in [0.15, 0.2) is 0 Å². The van der Waals surface area contributed by atoms with E-state index in [0.717, 1.165) is 0 Å². The molecule has 1 rings (SSSR count). The quantitative estimate of drug-likeness (QED) is 0.235. The van der Waals surface area contributed by atoms with Gasteiger partial charge in [-0.3, -0.25) is 0 Å². The topological polar surface area (TPSA) is 136 Å². The van der Waals surface area contributed by atoms with E-state index in [1.807, 2.05) is 0 Å². The Balaban J connectivity index is 0.000000561. The van der Waals surface area contributed by atoms with E-state index < -0.39 is 31.2 Å². The molecule has 0 saturated carbocycles. The molecule has 0 amide bonds. The van der Waals surface area contributed by atoms with E-state index in [4.69, 9.17) is 25.6 Å². The van der Waals surface area contributed by atoms with Crippen LogP contribution in [0.5, 0.6) is 0 Å². The predicted octanol–water partition coefficient (Wildman–Crippen LogP) is -3.25. The molecule has 1 aliphatic heterocycles. The van der Waals surface area contributed by atoms with Gasteiger partial charge in [0.2, 0.25) is 0 Å². The molecule has 74 valence electrons. The summed E-state index contributed by atoms with van der Waals surface area (Å²) in [6, 6.07) is 0. The lowest BCUT2D eigenvalue weighted by molar-refractivity contribution is -0.132. The Kier molecular flexibility index (Phi) is 5.25. The van der Waals surface area contributed by atoms with E-state index in [1.54, 1.807) is 0 Å². The second kappa shape index (κ2) is 5.38. The van der Waals surface area contributed by atoms with E-state index in [9.17, 15) is 0 Å². The molecule has 1 fully saturated rings. The molecule has 7 nitrogen and oxygen atoms in total. The number of rotatable bonds is 1. The second-order valence-electron chi connectivity index (χ2n) is 2.23. The molecular weight excluding hydrogens is 170 g/mol. The summed E-state index contributed by atoms with van der Waals surface area (Å²) < 4.78 is 4.54. The lowest BCUT2D eigenvalue weighted by Gasteiger charge is -2.09. The van der Waals surface area contributed by atoms with E-state index in [1.165, 1.54) is 0 Å². The molecule has 1 saturated heterocycles. The van der Waals surface area contributed by atoms with Crippen molar-refractivity contribution in [3.05, 3.63) is 0 Å². The van der Waals surface area contributed by atoms with Gasteiger partial charge < -0.3 is 30.4 Å². The highest BCUT2D eigenvalue weighted by Gasteiger charge is 2.41. The second-order valence-corrected chi connectivity index (χ2v) is 2.23. The average molecular weight is 183 g/mol. The number of ether oxygens (including phenoxy) is 1. The zero-order chi connectivity index (χ0) is 9.72. The van der Waals surface area contributed by atoms with E-state index in [0.29, 0.717) is 0 Å². The van der Waals surface area contributed by atoms with Crippen LogP contribution >= 0.6 is 0 Å². The van der Waals surface area contributed by atoms with Crippen molar-refractivity contribution in [3.8, 4) is 0 Å². The van der Waals surface area contributed by atoms with Gasteiger partial charge in [0, 0.05) is 0 Å². The van der Waals surface area contributed by atoms with E-state index >= 15 is 0 Å². The molecule has 0 aliphatic carbocycles. The molecular formula is C5H13NO6. The molecule has 7 N–H and O–H groups in total. The number of nitrogens with two attached hydrogens (primary N) is 1. The molecule has 0 radical (unpaired) electrons. The summed E-state index contributed by atoms with van der Waals surface area (Å²) in [4.78, 5) is 0. The fourth-order valence-electron chi connectivity index (χ4n) is 0.880. The monoisotopic (exact) mass is 183 g/mol. The van der Waals surface area contributed by atoms with Crippen molar-refractivity contribution >= 4 is 0 Å². The van der Waals surface area contributed by atoms with Gasteiger partial charge in [-0.15, -0.1) is 0 Å². The molecule has 1 unspecified atom stereocenters. The third kappa shape index (κ3) is 2.35. The van der Waals surface area contributed by atoms with Crippen LogP contribution < -0.4 is 5.90 Å². The maximum Gasteiger partial charge on any atom is 0.184 e. The summed E-state index contributed by atoms with van der Waals surface area (Å²) in [5.41, 5.74) is 0. The summed E-state index contributed by atoms with van der Waals surface area (Å²) in [5, 5.41) is 41.5. The van der Waals surface area contributed by atoms with Crippen LogP contribution in [0.25, 0.3) is 0 Å². The van der Waals surface area contributed by atoms with Crippen LogP contribution in [-0.2, 0) is 4.74 Å². The largest absolute Gasteiger partial charge is 0.394 e. The molecule has 0 aromatic carbocycles. The van der Waals surface area contributed by atoms with Gasteiger partial charge in [0.05, 0.1) is 6.61 Å². The zero-order valence-corrected chi connectivity index (χ0v) is 6.24. The maximum atomic E-state index is 8.93. The normalized spacial score (nSPS) is 40.5. The summed E-state index contributed by atoms with van der Waals surface area (Å²) in [5.74, 6) is 3.50. The van der Waals surface area contributed by atoms with Crippen LogP contribution in [0.1, 0.15) is 0 Å². The zero-order valence-electron chi connectivity index (χ0n) is 6.24. The molecule has 12 heavy (non-hydrogen) atoms. The predicted molar refractivity (Wildman–Crippen MR) is 36.0 cm³/mol. The van der Waals surface area contributed by atoms with Crippen molar-refractivity contribution in [2.24, 2.45) is 5.90 Å². The van der Waals surface area contributed by atoms with Gasteiger partial charge in [-0.1, -0.05) is 0 Å². The minimum Gasteiger partial charge on any atom is -0.394 e. The van der Waals surface area contributed by atoms with Crippen molar-refractivity contribution in [2.45, 2.75) is 24.6 Å². The van der Waals surface area contributed by atoms with Crippen LogP contribution in [0.4, 0.5) is 0 Å². The summed E-state index contributed by atoms with van der Waals surface area (Å²) in [7, 11) is 0. The first-order valence-corrected chi connectivity index (χ1v) is 3.23. The fraction of sp³-hybridized carbons (Fsp3) is 1.00. The van der Waals surface area contributed by atoms with Crippen molar-refractivity contribution in [1.29, 1.82) is 0 Å². The van der Waals surface area contributed by atoms with Crippen LogP contribution in [0.3, 0.4) is 0 Å². The number of aliphatic hydroxyl groups is 4. The first-order valence-electron chi connectivity index (χ1n) is 3.23. The number of hydrogen-bond donors (Lipinski definition) is 6. The Morgan fingerprint density at radius 1 is 1.08 bits per heavy atom. The highest BCUT2D eigenvalue weighted by Crippen LogP contribution is 2.18. The molecule has 4 atom stereocenters. The van der Waals surface area contributed by atoms with Crippen LogP contribution in [0.2, 0.25) is 0 Å². The number of hydrogen-bond acceptors (Lipinski definition) is 7. The lowest BCUT2D eigenvalue weighted by atomic mass is 10.1. The Bertz CT molecular complexity index is 123. The van der Waals surface area contributed by atoms with Gasteiger partial charge in [-0.2, -0.15) is 0 Å². The smallest absolute Gasteiger partial charge is 0.184 e. The summed E-state index contributed by atoms with van der Waals surface area (Å²) in [6.07, 6.45) is -4.76. The maximum absolute atomic E-state index is 8.93. The first-order chi connectivity index (χ1) is 5.66. The van der Waals surface area contributed by atoms with E-state index in [-0.39, 0.29) is 0 Å². The van der Waals surface area contributed by atoms with Gasteiger partial charge in [0.15, 0.2) is 6.29 Å². The van der Waals surface area contributed by atoms with Crippen LogP contribution in [-0.4, -0.2) is 56.8 Å². The van der Waals surface area contributed by atoms with Gasteiger partial charge in [-0.05, 0) is 0 Å². The SMILES string of the molecule is NO.OC[C@H]1OC(O)[C@H](O)[C@@H]1O. The van der Waals surface area contributed by atoms with Crippen molar-refractivity contribution < 1.29 is 30.4 Å². The van der Waals surface area contributed by atoms with Crippen molar-refractivity contribution in [1.82, 2.24) is 0 Å². The third-order valence-electron chi connectivity index (χ3n) is 1.52. The molecule has 0 aromatic rings. The Labute approximate surface area is 68.6 Å². The fourth-order valence-corrected chi connectivity index (χ4v) is 0.880. The summed E-state index contributed by atoms with van der Waals surface area (Å²) >= 11 is 0. The minimum atomic E-state index is -1.38. The third-order valence-corrected chi connectivity index (χ3v) is 1.52. The molecule has 0 bridgehead atoms. The molecule has 1 heterocycles. The Morgan fingerprint density at radius 3 is 1.75 bits per heavy atom. The molecule has 1 aliphatic rings. The van der Waals surface area contributed by atoms with Crippen molar-refractivity contribution in [2.75, 3.05) is 6.61 Å². The number of aliphatic hydroxyl groups excluding tert-OH is 4. The van der Waals surface area contributed by atoms with Crippen LogP contribution in [0, 0.1) is 0 Å². The minimum absolute atomic E-state index is 0.407. The highest BCUT2D eigenvalue weighted by atomic mass is 16.6. The lowest BCUT2D eigenvalue weighted by Crippen LogP contribution is -2.33. The molecule has 0 spiro atoms. The first kappa shape index (κ1) is 11.7. The highest BCUT2D eigenvalue weighted by molar-refractivity contribution is 4.84. The Morgan fingerprint density at radius 2 is 1.58 bits per heavy atom. The molecule has 0 aromatic heterocycles. The molecule has 7 heteroatoms. The average Bonchev–Trinajstić information content (AvgIpc) is 2.36. The standard InChI is InChI=1S/C5H10O5.H3NO/c6-1-2-3(7)4(8)5(9)10-2;1-2/h2-9H,1H2;2H,1H2/t2-,3-,4-,5?;/m1./s1. The Hall–Kier alpha value is -0.280. The van der Waals surface area contributed by atoms with E-state index in [2.05, 4.69) is 10.6 Å².